The highest BCUT2D eigenvalue weighted by Crippen LogP contribution is 2.70. The first-order valence-corrected chi connectivity index (χ1v) is 10.4. The molecule has 0 aromatic heterocycles. The van der Waals surface area contributed by atoms with Gasteiger partial charge in [-0.25, -0.2) is 0 Å². The lowest BCUT2D eigenvalue weighted by atomic mass is 9.39. The molecule has 4 aliphatic carbocycles. The molecular weight excluding hydrogens is 310 g/mol. The van der Waals surface area contributed by atoms with Crippen LogP contribution in [0.3, 0.4) is 0 Å². The molecule has 9 atom stereocenters. The lowest BCUT2D eigenvalue weighted by Crippen LogP contribution is -2.62. The second-order valence-corrected chi connectivity index (χ2v) is 10.5. The lowest BCUT2D eigenvalue weighted by Gasteiger charge is -2.66. The summed E-state index contributed by atoms with van der Waals surface area (Å²) in [5.41, 5.74) is 0.611. The first-order valence-electron chi connectivity index (χ1n) is 10.4. The lowest BCUT2D eigenvalue weighted by molar-refractivity contribution is -0.213. The van der Waals surface area contributed by atoms with Gasteiger partial charge in [-0.1, -0.05) is 20.8 Å². The molecule has 4 fully saturated rings. The van der Waals surface area contributed by atoms with Crippen LogP contribution in [0, 0.1) is 51.2 Å². The van der Waals surface area contributed by atoms with Gasteiger partial charge in [0.2, 0.25) is 0 Å². The molecule has 4 rings (SSSR count). The Balaban J connectivity index is 1.74. The first-order chi connectivity index (χ1) is 11.8. The molecule has 0 aromatic carbocycles. The maximum absolute atomic E-state index is 10.3. The molecule has 4 aliphatic rings. The van der Waals surface area contributed by atoms with E-state index in [0.29, 0.717) is 17.8 Å². The van der Waals surface area contributed by atoms with E-state index in [-0.39, 0.29) is 34.4 Å². The topological polar surface area (TPSA) is 53.2 Å². The number of ether oxygens (including phenoxy) is 1. The molecule has 0 amide bonds. The van der Waals surface area contributed by atoms with Crippen molar-refractivity contribution in [2.45, 2.75) is 84.3 Å². The van der Waals surface area contributed by atoms with Gasteiger partial charge in [0.1, 0.15) is 0 Å². The summed E-state index contributed by atoms with van der Waals surface area (Å²) in [4.78, 5) is 0. The van der Waals surface area contributed by atoms with Gasteiger partial charge in [-0.15, -0.1) is 0 Å². The monoisotopic (exact) mass is 345 g/mol. The van der Waals surface area contributed by atoms with Gasteiger partial charge in [0.15, 0.2) is 0 Å². The van der Waals surface area contributed by atoms with Gasteiger partial charge >= 0.3 is 0 Å². The summed E-state index contributed by atoms with van der Waals surface area (Å²) in [6.07, 6.45) is 8.97. The van der Waals surface area contributed by atoms with Gasteiger partial charge in [0, 0.05) is 7.11 Å². The second kappa shape index (κ2) is 5.70. The minimum Gasteiger partial charge on any atom is -0.393 e. The highest BCUT2D eigenvalue weighted by atomic mass is 16.5. The average molecular weight is 346 g/mol. The number of nitriles is 1. The van der Waals surface area contributed by atoms with Gasteiger partial charge in [-0.05, 0) is 85.4 Å². The SMILES string of the molecule is CO[C@H]1C[C@]2(C)[C@@H](C#N)CC[C@H]2[C@@H]2CC[C@@]3(C)C[C@H](O)CC[C@]3(C)[C@H]21. The van der Waals surface area contributed by atoms with E-state index in [0.717, 1.165) is 32.1 Å². The van der Waals surface area contributed by atoms with Gasteiger partial charge < -0.3 is 9.84 Å². The van der Waals surface area contributed by atoms with E-state index >= 15 is 0 Å². The Bertz CT molecular complexity index is 585. The third kappa shape index (κ3) is 2.23. The van der Waals surface area contributed by atoms with E-state index < -0.39 is 0 Å². The van der Waals surface area contributed by atoms with Crippen molar-refractivity contribution in [3.05, 3.63) is 0 Å². The predicted octanol–water partition coefficient (Wildman–Crippen LogP) is 4.54. The summed E-state index contributed by atoms with van der Waals surface area (Å²) in [7, 11) is 1.88. The molecule has 1 N–H and O–H groups in total. The molecule has 0 bridgehead atoms. The summed E-state index contributed by atoms with van der Waals surface area (Å²) in [5, 5.41) is 20.1. The number of hydrogen-bond acceptors (Lipinski definition) is 3. The van der Waals surface area contributed by atoms with Crippen molar-refractivity contribution < 1.29 is 9.84 Å². The molecule has 0 aromatic rings. The molecule has 0 unspecified atom stereocenters. The third-order valence-corrected chi connectivity index (χ3v) is 9.71. The normalized spacial score (nSPS) is 57.9. The van der Waals surface area contributed by atoms with Crippen LogP contribution < -0.4 is 0 Å². The van der Waals surface area contributed by atoms with Crippen LogP contribution in [0.1, 0.15) is 72.1 Å². The predicted molar refractivity (Wildman–Crippen MR) is 97.6 cm³/mol. The minimum absolute atomic E-state index is 0.126. The van der Waals surface area contributed by atoms with Crippen molar-refractivity contribution in [2.75, 3.05) is 7.11 Å². The average Bonchev–Trinajstić information content (AvgIpc) is 2.91. The van der Waals surface area contributed by atoms with E-state index in [1.165, 1.54) is 19.3 Å². The van der Waals surface area contributed by atoms with Gasteiger partial charge in [-0.3, -0.25) is 0 Å². The molecule has 140 valence electrons. The van der Waals surface area contributed by atoms with E-state index in [9.17, 15) is 10.4 Å². The van der Waals surface area contributed by atoms with Gasteiger partial charge in [0.25, 0.3) is 0 Å². The first kappa shape index (κ1) is 17.8. The number of aliphatic hydroxyl groups is 1. The third-order valence-electron chi connectivity index (χ3n) is 9.71. The van der Waals surface area contributed by atoms with E-state index in [1.807, 2.05) is 7.11 Å². The van der Waals surface area contributed by atoms with E-state index in [1.54, 1.807) is 0 Å². The molecule has 0 aliphatic heterocycles. The van der Waals surface area contributed by atoms with Crippen molar-refractivity contribution in [2.24, 2.45) is 39.9 Å². The molecule has 4 saturated carbocycles. The van der Waals surface area contributed by atoms with Crippen LogP contribution >= 0.6 is 0 Å². The zero-order valence-electron chi connectivity index (χ0n) is 16.4. The maximum atomic E-state index is 10.3. The van der Waals surface area contributed by atoms with Crippen LogP contribution in [0.2, 0.25) is 0 Å². The summed E-state index contributed by atoms with van der Waals surface area (Å²) in [6.45, 7) is 7.31. The standard InChI is InChI=1S/C22H35NO2/c1-20-9-8-16-17-6-5-14(13-23)21(17,2)12-18(25-4)19(16)22(20,3)10-7-15(24)11-20/h14-19,24H,5-12H2,1-4H3/t14-,15-,16+,17+,18+,19-,20+,21-,22-/m1/s1. The van der Waals surface area contributed by atoms with E-state index in [4.69, 9.17) is 4.74 Å². The fourth-order valence-corrected chi connectivity index (χ4v) is 8.12. The fourth-order valence-electron chi connectivity index (χ4n) is 8.12. The Kier molecular flexibility index (Phi) is 4.06. The highest BCUT2D eigenvalue weighted by Gasteiger charge is 2.66. The maximum Gasteiger partial charge on any atom is 0.0661 e. The summed E-state index contributed by atoms with van der Waals surface area (Å²) in [5.74, 6) is 2.15. The van der Waals surface area contributed by atoms with Gasteiger partial charge in [0.05, 0.1) is 24.2 Å². The molecular formula is C22H35NO2. The van der Waals surface area contributed by atoms with Crippen LogP contribution in [-0.4, -0.2) is 24.4 Å². The van der Waals surface area contributed by atoms with Crippen LogP contribution in [0.5, 0.6) is 0 Å². The number of rotatable bonds is 1. The van der Waals surface area contributed by atoms with Crippen molar-refractivity contribution in [1.82, 2.24) is 0 Å². The van der Waals surface area contributed by atoms with Crippen molar-refractivity contribution in [3.8, 4) is 6.07 Å². The van der Waals surface area contributed by atoms with Crippen LogP contribution in [-0.2, 0) is 4.74 Å². The highest BCUT2D eigenvalue weighted by molar-refractivity contribution is 5.17. The van der Waals surface area contributed by atoms with Crippen molar-refractivity contribution >= 4 is 0 Å². The molecule has 0 spiro atoms. The zero-order chi connectivity index (χ0) is 18.0. The molecule has 0 heterocycles. The summed E-state index contributed by atoms with van der Waals surface area (Å²) in [6, 6.07) is 2.63. The second-order valence-electron chi connectivity index (χ2n) is 10.5. The van der Waals surface area contributed by atoms with Crippen LogP contribution in [0.25, 0.3) is 0 Å². The Morgan fingerprint density at radius 3 is 2.48 bits per heavy atom. The zero-order valence-corrected chi connectivity index (χ0v) is 16.4. The van der Waals surface area contributed by atoms with Crippen LogP contribution in [0.15, 0.2) is 0 Å². The molecule has 0 saturated heterocycles. The Hall–Kier alpha value is -0.590. The number of nitrogens with zero attached hydrogens (tertiary/aromatic N) is 1. The molecule has 0 radical (unpaired) electrons. The minimum atomic E-state index is -0.126. The summed E-state index contributed by atoms with van der Waals surface area (Å²) >= 11 is 0. The number of hydrogen-bond donors (Lipinski definition) is 1. The quantitative estimate of drug-likeness (QED) is 0.759. The van der Waals surface area contributed by atoms with Gasteiger partial charge in [-0.2, -0.15) is 5.26 Å². The molecule has 3 heteroatoms. The Morgan fingerprint density at radius 1 is 1.04 bits per heavy atom. The fraction of sp³-hybridized carbons (Fsp3) is 0.955. The van der Waals surface area contributed by atoms with Crippen LogP contribution in [0.4, 0.5) is 0 Å². The Morgan fingerprint density at radius 2 is 1.80 bits per heavy atom. The van der Waals surface area contributed by atoms with E-state index in [2.05, 4.69) is 26.8 Å². The Labute approximate surface area is 153 Å². The largest absolute Gasteiger partial charge is 0.393 e. The molecule has 3 nitrogen and oxygen atoms in total. The number of aliphatic hydroxyl groups excluding tert-OH is 1. The van der Waals surface area contributed by atoms with Crippen molar-refractivity contribution in [3.63, 3.8) is 0 Å². The van der Waals surface area contributed by atoms with Crippen molar-refractivity contribution in [1.29, 1.82) is 5.26 Å². The summed E-state index contributed by atoms with van der Waals surface area (Å²) < 4.78 is 6.14. The number of fused-ring (bicyclic) bond motifs is 5. The molecule has 25 heavy (non-hydrogen) atoms. The smallest absolute Gasteiger partial charge is 0.0661 e. The number of methoxy groups -OCH3 is 1.